The number of nitrogens with one attached hydrogen (secondary N) is 1. The molecule has 0 radical (unpaired) electrons. The summed E-state index contributed by atoms with van der Waals surface area (Å²) < 4.78 is 4.81. The van der Waals surface area contributed by atoms with E-state index >= 15 is 0 Å². The Morgan fingerprint density at radius 1 is 1.37 bits per heavy atom. The zero-order valence-corrected chi connectivity index (χ0v) is 10.6. The lowest BCUT2D eigenvalue weighted by atomic mass is 10.3. The molecule has 1 N–H and O–H groups in total. The second kappa shape index (κ2) is 6.95. The third-order valence-electron chi connectivity index (χ3n) is 2.07. The number of hydrogen-bond donors (Lipinski definition) is 1. The van der Waals surface area contributed by atoms with Gasteiger partial charge >= 0.3 is 5.88 Å². The monoisotopic (exact) mass is 262 g/mol. The van der Waals surface area contributed by atoms with Gasteiger partial charge in [-0.1, -0.05) is 18.2 Å². The standard InChI is InChI=1S/C13H14N2O4/c1-3-5-7-10(6-4-2)14-13(16)11-8-9-12(19-11)15(17)18/h3-9H,1-2H3,(H,14,16)/b5-3-,6-4-,10-7+. The van der Waals surface area contributed by atoms with Gasteiger partial charge in [-0.05, 0) is 32.1 Å². The van der Waals surface area contributed by atoms with E-state index in [2.05, 4.69) is 5.32 Å². The predicted molar refractivity (Wildman–Crippen MR) is 70.5 cm³/mol. The molecule has 0 fully saturated rings. The topological polar surface area (TPSA) is 85.4 Å². The van der Waals surface area contributed by atoms with Crippen molar-refractivity contribution in [2.45, 2.75) is 13.8 Å². The van der Waals surface area contributed by atoms with Gasteiger partial charge in [0.15, 0.2) is 5.76 Å². The van der Waals surface area contributed by atoms with Gasteiger partial charge in [-0.3, -0.25) is 14.9 Å². The van der Waals surface area contributed by atoms with Crippen LogP contribution >= 0.6 is 0 Å². The van der Waals surface area contributed by atoms with Crippen molar-refractivity contribution >= 4 is 11.8 Å². The highest BCUT2D eigenvalue weighted by molar-refractivity contribution is 5.93. The Kier molecular flexibility index (Phi) is 5.28. The maximum absolute atomic E-state index is 11.8. The molecule has 1 heterocycles. The number of rotatable bonds is 5. The molecule has 0 aliphatic rings. The number of furan rings is 1. The van der Waals surface area contributed by atoms with Crippen LogP contribution in [-0.2, 0) is 0 Å². The highest BCUT2D eigenvalue weighted by atomic mass is 16.6. The first-order valence-corrected chi connectivity index (χ1v) is 5.59. The lowest BCUT2D eigenvalue weighted by Gasteiger charge is -2.02. The molecule has 0 aliphatic heterocycles. The lowest BCUT2D eigenvalue weighted by Crippen LogP contribution is -2.21. The summed E-state index contributed by atoms with van der Waals surface area (Å²) in [4.78, 5) is 21.6. The van der Waals surface area contributed by atoms with Crippen LogP contribution in [0.1, 0.15) is 24.4 Å². The summed E-state index contributed by atoms with van der Waals surface area (Å²) in [6.45, 7) is 3.66. The maximum atomic E-state index is 11.8. The van der Waals surface area contributed by atoms with Gasteiger partial charge in [-0.15, -0.1) is 0 Å². The summed E-state index contributed by atoms with van der Waals surface area (Å²) in [7, 11) is 0. The molecule has 1 aromatic heterocycles. The molecule has 0 atom stereocenters. The van der Waals surface area contributed by atoms with Crippen LogP contribution in [0.4, 0.5) is 5.88 Å². The van der Waals surface area contributed by atoms with Crippen LogP contribution in [0.15, 0.2) is 52.6 Å². The van der Waals surface area contributed by atoms with E-state index in [-0.39, 0.29) is 5.76 Å². The highest BCUT2D eigenvalue weighted by Gasteiger charge is 2.17. The van der Waals surface area contributed by atoms with Gasteiger partial charge in [0, 0.05) is 5.70 Å². The van der Waals surface area contributed by atoms with Crippen molar-refractivity contribution in [1.29, 1.82) is 0 Å². The van der Waals surface area contributed by atoms with Crippen LogP contribution in [0.5, 0.6) is 0 Å². The van der Waals surface area contributed by atoms with Crippen molar-refractivity contribution in [1.82, 2.24) is 5.32 Å². The van der Waals surface area contributed by atoms with E-state index in [0.29, 0.717) is 5.70 Å². The summed E-state index contributed by atoms with van der Waals surface area (Å²) in [6, 6.07) is 2.40. The van der Waals surface area contributed by atoms with Gasteiger partial charge in [0.1, 0.15) is 4.92 Å². The molecule has 0 bridgehead atoms. The normalized spacial score (nSPS) is 12.2. The molecule has 0 saturated carbocycles. The van der Waals surface area contributed by atoms with Crippen molar-refractivity contribution < 1.29 is 14.1 Å². The molecule has 0 aliphatic carbocycles. The molecule has 100 valence electrons. The van der Waals surface area contributed by atoms with Gasteiger partial charge in [-0.2, -0.15) is 0 Å². The number of hydrogen-bond acceptors (Lipinski definition) is 4. The minimum atomic E-state index is -0.695. The van der Waals surface area contributed by atoms with Gasteiger partial charge in [0.2, 0.25) is 0 Å². The smallest absolute Gasteiger partial charge is 0.395 e. The average Bonchev–Trinajstić information content (AvgIpc) is 2.86. The maximum Gasteiger partial charge on any atom is 0.433 e. The van der Waals surface area contributed by atoms with E-state index < -0.39 is 16.7 Å². The predicted octanol–water partition coefficient (Wildman–Crippen LogP) is 2.95. The van der Waals surface area contributed by atoms with Crippen molar-refractivity contribution in [2.75, 3.05) is 0 Å². The van der Waals surface area contributed by atoms with Crippen LogP contribution < -0.4 is 5.32 Å². The minimum absolute atomic E-state index is 0.109. The molecule has 1 rings (SSSR count). The quantitative estimate of drug-likeness (QED) is 0.502. The zero-order valence-electron chi connectivity index (χ0n) is 10.6. The van der Waals surface area contributed by atoms with Crippen molar-refractivity contribution in [3.05, 3.63) is 64.1 Å². The van der Waals surface area contributed by atoms with Crippen LogP contribution in [-0.4, -0.2) is 10.8 Å². The molecule has 19 heavy (non-hydrogen) atoms. The Bertz CT molecular complexity index is 553. The number of nitro groups is 1. The second-order valence-electron chi connectivity index (χ2n) is 3.50. The molecule has 0 unspecified atom stereocenters. The van der Waals surface area contributed by atoms with E-state index in [9.17, 15) is 14.9 Å². The summed E-state index contributed by atoms with van der Waals surface area (Å²) in [5.74, 6) is -1.11. The first-order chi connectivity index (χ1) is 9.08. The van der Waals surface area contributed by atoms with Crippen molar-refractivity contribution in [2.24, 2.45) is 0 Å². The summed E-state index contributed by atoms with van der Waals surface area (Å²) in [5, 5.41) is 13.0. The summed E-state index contributed by atoms with van der Waals surface area (Å²) in [6.07, 6.45) is 8.75. The lowest BCUT2D eigenvalue weighted by molar-refractivity contribution is -0.402. The molecule has 1 aromatic rings. The summed E-state index contributed by atoms with van der Waals surface area (Å²) >= 11 is 0. The van der Waals surface area contributed by atoms with Gasteiger partial charge in [-0.25, -0.2) is 0 Å². The number of amides is 1. The first-order valence-electron chi connectivity index (χ1n) is 5.59. The zero-order chi connectivity index (χ0) is 14.3. The van der Waals surface area contributed by atoms with Crippen LogP contribution in [0, 0.1) is 10.1 Å². The third-order valence-corrected chi connectivity index (χ3v) is 2.07. The van der Waals surface area contributed by atoms with E-state index in [1.165, 1.54) is 6.07 Å². The number of carbonyl (C=O) groups excluding carboxylic acids is 1. The molecule has 6 heteroatoms. The van der Waals surface area contributed by atoms with Gasteiger partial charge < -0.3 is 9.73 Å². The minimum Gasteiger partial charge on any atom is -0.395 e. The van der Waals surface area contributed by atoms with Crippen molar-refractivity contribution in [3.63, 3.8) is 0 Å². The van der Waals surface area contributed by atoms with Gasteiger partial charge in [0.25, 0.3) is 5.91 Å². The Labute approximate surface area is 110 Å². The Balaban J connectivity index is 2.84. The molecule has 1 amide bonds. The van der Waals surface area contributed by atoms with E-state index in [4.69, 9.17) is 4.42 Å². The molecule has 6 nitrogen and oxygen atoms in total. The molecule has 0 spiro atoms. The third kappa shape index (κ3) is 4.27. The van der Waals surface area contributed by atoms with Crippen molar-refractivity contribution in [3.8, 4) is 0 Å². The number of nitrogens with zero attached hydrogens (tertiary/aromatic N) is 1. The largest absolute Gasteiger partial charge is 0.433 e. The van der Waals surface area contributed by atoms with E-state index in [0.717, 1.165) is 6.07 Å². The Morgan fingerprint density at radius 3 is 2.63 bits per heavy atom. The van der Waals surface area contributed by atoms with Gasteiger partial charge in [0.05, 0.1) is 6.07 Å². The average molecular weight is 262 g/mol. The Hall–Kier alpha value is -2.63. The SMILES string of the molecule is C\C=C/C=C(\C=C/C)NC(=O)c1ccc([N+](=O)[O-])o1. The fourth-order valence-corrected chi connectivity index (χ4v) is 1.26. The molecule has 0 aromatic carbocycles. The van der Waals surface area contributed by atoms with Crippen LogP contribution in [0.2, 0.25) is 0 Å². The van der Waals surface area contributed by atoms with Crippen LogP contribution in [0.25, 0.3) is 0 Å². The Morgan fingerprint density at radius 2 is 2.11 bits per heavy atom. The number of carbonyl (C=O) groups is 1. The van der Waals surface area contributed by atoms with E-state index in [1.54, 1.807) is 24.3 Å². The fourth-order valence-electron chi connectivity index (χ4n) is 1.26. The molecular weight excluding hydrogens is 248 g/mol. The molecular formula is C13H14N2O4. The highest BCUT2D eigenvalue weighted by Crippen LogP contribution is 2.15. The fraction of sp³-hybridized carbons (Fsp3) is 0.154. The van der Waals surface area contributed by atoms with E-state index in [1.807, 2.05) is 19.9 Å². The first kappa shape index (κ1) is 14.4. The molecule has 0 saturated heterocycles. The van der Waals surface area contributed by atoms with Crippen LogP contribution in [0.3, 0.4) is 0 Å². The number of allylic oxidation sites excluding steroid dienone is 5. The second-order valence-corrected chi connectivity index (χ2v) is 3.50. The summed E-state index contributed by atoms with van der Waals surface area (Å²) in [5.41, 5.74) is 0.560.